The van der Waals surface area contributed by atoms with Crippen LogP contribution in [0.15, 0.2) is 11.3 Å². The molecule has 0 saturated heterocycles. The lowest BCUT2D eigenvalue weighted by molar-refractivity contribution is -0.133. The van der Waals surface area contributed by atoms with Gasteiger partial charge in [0.15, 0.2) is 11.5 Å². The molecule has 3 nitrogen and oxygen atoms in total. The van der Waals surface area contributed by atoms with E-state index in [9.17, 15) is 9.59 Å². The van der Waals surface area contributed by atoms with Crippen molar-refractivity contribution in [1.82, 2.24) is 0 Å². The molecule has 0 radical (unpaired) electrons. The van der Waals surface area contributed by atoms with Gasteiger partial charge in [0, 0.05) is 18.3 Å². The lowest BCUT2D eigenvalue weighted by Crippen LogP contribution is -2.53. The summed E-state index contributed by atoms with van der Waals surface area (Å²) in [5.41, 5.74) is 1.29. The van der Waals surface area contributed by atoms with E-state index in [2.05, 4.69) is 20.8 Å². The molecule has 0 aromatic heterocycles. The van der Waals surface area contributed by atoms with Gasteiger partial charge in [-0.2, -0.15) is 0 Å². The molecule has 0 bridgehead atoms. The lowest BCUT2D eigenvalue weighted by atomic mass is 9.45. The van der Waals surface area contributed by atoms with E-state index < -0.39 is 0 Å². The Balaban J connectivity index is 1.78. The average molecular weight is 330 g/mol. The third-order valence-electron chi connectivity index (χ3n) is 8.27. The number of Topliss-reactive ketones (excluding diaryl/α,β-unsaturated/α-hetero) is 2. The number of carbonyl (C=O) groups excluding carboxylic acids is 2. The van der Waals surface area contributed by atoms with Crippen LogP contribution in [0.2, 0.25) is 0 Å². The highest BCUT2D eigenvalue weighted by Crippen LogP contribution is 2.66. The van der Waals surface area contributed by atoms with Gasteiger partial charge >= 0.3 is 0 Å². The molecule has 3 saturated carbocycles. The first-order chi connectivity index (χ1) is 11.3. The minimum absolute atomic E-state index is 0.0764. The second-order valence-corrected chi connectivity index (χ2v) is 9.22. The Kier molecular flexibility index (Phi) is 3.54. The molecule has 24 heavy (non-hydrogen) atoms. The summed E-state index contributed by atoms with van der Waals surface area (Å²) in [6, 6.07) is 0. The SMILES string of the molecule is COC1=C2C(C)C[C@@H]3[C@@H](CC[C@]4(C)C(=O)CC[C@@H]34)[C@@]2(C)CCC1=O. The van der Waals surface area contributed by atoms with E-state index in [0.717, 1.165) is 38.5 Å². The number of ketones is 2. The van der Waals surface area contributed by atoms with Crippen molar-refractivity contribution >= 4 is 11.6 Å². The molecule has 0 spiro atoms. The van der Waals surface area contributed by atoms with Gasteiger partial charge in [-0.15, -0.1) is 0 Å². The van der Waals surface area contributed by atoms with Crippen molar-refractivity contribution in [2.75, 3.05) is 7.11 Å². The number of fused-ring (bicyclic) bond motifs is 5. The van der Waals surface area contributed by atoms with Crippen LogP contribution in [0.1, 0.15) is 65.7 Å². The predicted octanol–water partition coefficient (Wildman–Crippen LogP) is 4.31. The Morgan fingerprint density at radius 1 is 1.00 bits per heavy atom. The Hall–Kier alpha value is -1.12. The zero-order valence-corrected chi connectivity index (χ0v) is 15.5. The maximum absolute atomic E-state index is 12.5. The van der Waals surface area contributed by atoms with Crippen molar-refractivity contribution in [3.05, 3.63) is 11.3 Å². The Bertz CT molecular complexity index is 633. The summed E-state index contributed by atoms with van der Waals surface area (Å²) >= 11 is 0. The van der Waals surface area contributed by atoms with E-state index >= 15 is 0 Å². The van der Waals surface area contributed by atoms with Gasteiger partial charge in [0.05, 0.1) is 7.11 Å². The van der Waals surface area contributed by atoms with E-state index in [1.165, 1.54) is 5.57 Å². The molecule has 0 amide bonds. The Morgan fingerprint density at radius 2 is 1.71 bits per heavy atom. The summed E-state index contributed by atoms with van der Waals surface area (Å²) in [6.45, 7) is 6.87. The molecule has 3 fully saturated rings. The van der Waals surface area contributed by atoms with E-state index in [1.54, 1.807) is 7.11 Å². The molecule has 4 aliphatic rings. The number of methoxy groups -OCH3 is 1. The molecule has 4 aliphatic carbocycles. The average Bonchev–Trinajstić information content (AvgIpc) is 2.84. The Morgan fingerprint density at radius 3 is 2.42 bits per heavy atom. The Labute approximate surface area is 145 Å². The number of hydrogen-bond donors (Lipinski definition) is 0. The molecule has 0 aromatic rings. The highest BCUT2D eigenvalue weighted by atomic mass is 16.5. The number of ether oxygens (including phenoxy) is 1. The highest BCUT2D eigenvalue weighted by molar-refractivity contribution is 5.95. The molecule has 0 N–H and O–H groups in total. The normalized spacial score (nSPS) is 48.0. The van der Waals surface area contributed by atoms with E-state index in [4.69, 9.17) is 4.74 Å². The van der Waals surface area contributed by atoms with Gasteiger partial charge in [-0.25, -0.2) is 0 Å². The molecular weight excluding hydrogens is 300 g/mol. The van der Waals surface area contributed by atoms with Crippen LogP contribution in [0.3, 0.4) is 0 Å². The molecule has 0 aromatic carbocycles. The highest BCUT2D eigenvalue weighted by Gasteiger charge is 2.61. The van der Waals surface area contributed by atoms with Gasteiger partial charge in [0.1, 0.15) is 5.78 Å². The third-order valence-corrected chi connectivity index (χ3v) is 8.27. The molecule has 132 valence electrons. The first kappa shape index (κ1) is 16.4. The van der Waals surface area contributed by atoms with E-state index in [1.807, 2.05) is 0 Å². The maximum Gasteiger partial charge on any atom is 0.197 e. The summed E-state index contributed by atoms with van der Waals surface area (Å²) < 4.78 is 5.59. The van der Waals surface area contributed by atoms with Crippen molar-refractivity contribution in [3.63, 3.8) is 0 Å². The lowest BCUT2D eigenvalue weighted by Gasteiger charge is -2.58. The maximum atomic E-state index is 12.5. The van der Waals surface area contributed by atoms with E-state index in [-0.39, 0.29) is 16.6 Å². The second kappa shape index (κ2) is 5.19. The topological polar surface area (TPSA) is 43.4 Å². The number of allylic oxidation sites excluding steroid dienone is 1. The molecule has 6 atom stereocenters. The van der Waals surface area contributed by atoms with Crippen molar-refractivity contribution in [1.29, 1.82) is 0 Å². The zero-order chi connectivity index (χ0) is 17.3. The molecule has 1 unspecified atom stereocenters. The van der Waals surface area contributed by atoms with Gasteiger partial charge in [-0.05, 0) is 66.8 Å². The van der Waals surface area contributed by atoms with Crippen LogP contribution >= 0.6 is 0 Å². The van der Waals surface area contributed by atoms with Gasteiger partial charge < -0.3 is 4.74 Å². The van der Waals surface area contributed by atoms with Crippen molar-refractivity contribution < 1.29 is 14.3 Å². The largest absolute Gasteiger partial charge is 0.493 e. The molecule has 4 rings (SSSR count). The summed E-state index contributed by atoms with van der Waals surface area (Å²) in [5, 5.41) is 0. The minimum Gasteiger partial charge on any atom is -0.493 e. The van der Waals surface area contributed by atoms with Crippen molar-refractivity contribution in [2.45, 2.75) is 65.7 Å². The fourth-order valence-electron chi connectivity index (χ4n) is 7.13. The standard InChI is InChI=1S/C21H30O3/c1-12-11-13-14-5-6-17(23)20(14,2)9-7-15(13)21(3)10-8-16(22)19(24-4)18(12)21/h12-15H,5-11H2,1-4H3/t12?,13-,14-,15+,20-,21+/m0/s1. The van der Waals surface area contributed by atoms with Crippen LogP contribution in [-0.4, -0.2) is 18.7 Å². The van der Waals surface area contributed by atoms with Crippen LogP contribution < -0.4 is 0 Å². The van der Waals surface area contributed by atoms with Crippen LogP contribution in [0.5, 0.6) is 0 Å². The summed E-state index contributed by atoms with van der Waals surface area (Å²) in [7, 11) is 1.65. The van der Waals surface area contributed by atoms with Gasteiger partial charge in [0.2, 0.25) is 0 Å². The number of rotatable bonds is 1. The molecule has 0 heterocycles. The first-order valence-electron chi connectivity index (χ1n) is 9.68. The molecular formula is C21H30O3. The predicted molar refractivity (Wildman–Crippen MR) is 92.2 cm³/mol. The summed E-state index contributed by atoms with van der Waals surface area (Å²) in [5.74, 6) is 3.51. The number of hydrogen-bond acceptors (Lipinski definition) is 3. The van der Waals surface area contributed by atoms with Gasteiger partial charge in [-0.1, -0.05) is 20.8 Å². The first-order valence-corrected chi connectivity index (χ1v) is 9.68. The summed E-state index contributed by atoms with van der Waals surface area (Å²) in [4.78, 5) is 24.9. The summed E-state index contributed by atoms with van der Waals surface area (Å²) in [6.07, 6.45) is 6.70. The van der Waals surface area contributed by atoms with Crippen LogP contribution in [-0.2, 0) is 14.3 Å². The molecule has 0 aliphatic heterocycles. The van der Waals surface area contributed by atoms with E-state index in [0.29, 0.717) is 41.6 Å². The zero-order valence-electron chi connectivity index (χ0n) is 15.5. The second-order valence-electron chi connectivity index (χ2n) is 9.22. The van der Waals surface area contributed by atoms with Crippen molar-refractivity contribution in [2.24, 2.45) is 34.5 Å². The number of carbonyl (C=O) groups is 2. The van der Waals surface area contributed by atoms with Crippen molar-refractivity contribution in [3.8, 4) is 0 Å². The third kappa shape index (κ3) is 1.90. The fraction of sp³-hybridized carbons (Fsp3) is 0.810. The van der Waals surface area contributed by atoms with Gasteiger partial charge in [0.25, 0.3) is 0 Å². The minimum atomic E-state index is -0.0764. The quantitative estimate of drug-likeness (QED) is 0.719. The fourth-order valence-corrected chi connectivity index (χ4v) is 7.13. The smallest absolute Gasteiger partial charge is 0.197 e. The van der Waals surface area contributed by atoms with Crippen LogP contribution in [0.4, 0.5) is 0 Å². The molecule has 3 heteroatoms. The monoisotopic (exact) mass is 330 g/mol. The van der Waals surface area contributed by atoms with Crippen LogP contribution in [0.25, 0.3) is 0 Å². The van der Waals surface area contributed by atoms with Crippen LogP contribution in [0, 0.1) is 34.5 Å². The van der Waals surface area contributed by atoms with Gasteiger partial charge in [-0.3, -0.25) is 9.59 Å².